The fraction of sp³-hybridized carbons (Fsp3) is 0.529. The van der Waals surface area contributed by atoms with Crippen molar-refractivity contribution in [2.75, 3.05) is 7.11 Å². The van der Waals surface area contributed by atoms with Gasteiger partial charge in [0, 0.05) is 18.2 Å². The number of non-ortho nitro benzene ring substituents is 1. The molecule has 2 fully saturated rings. The van der Waals surface area contributed by atoms with E-state index in [1.807, 2.05) is 0 Å². The lowest BCUT2D eigenvalue weighted by atomic mass is 9.84. The van der Waals surface area contributed by atoms with Crippen LogP contribution in [0.2, 0.25) is 5.02 Å². The van der Waals surface area contributed by atoms with E-state index >= 15 is 0 Å². The van der Waals surface area contributed by atoms with Crippen molar-refractivity contribution in [3.8, 4) is 0 Å². The Labute approximate surface area is 150 Å². The van der Waals surface area contributed by atoms with Crippen LogP contribution in [0.4, 0.5) is 5.69 Å². The third-order valence-electron chi connectivity index (χ3n) is 5.19. The number of rotatable bonds is 3. The highest BCUT2D eigenvalue weighted by Gasteiger charge is 2.48. The Kier molecular flexibility index (Phi) is 4.94. The minimum absolute atomic E-state index is 0.0158. The van der Waals surface area contributed by atoms with Gasteiger partial charge in [0.15, 0.2) is 0 Å². The van der Waals surface area contributed by atoms with Gasteiger partial charge in [-0.2, -0.15) is 0 Å². The Morgan fingerprint density at radius 2 is 2.04 bits per heavy atom. The first kappa shape index (κ1) is 17.7. The Morgan fingerprint density at radius 1 is 1.32 bits per heavy atom. The molecule has 0 unspecified atom stereocenters. The second-order valence-electron chi connectivity index (χ2n) is 6.52. The summed E-state index contributed by atoms with van der Waals surface area (Å²) in [5.74, 6) is -0.524. The lowest BCUT2D eigenvalue weighted by Crippen LogP contribution is -2.46. The standard InChI is InChI=1S/C17H19ClN2O5/c1-25-17(22)15-8-10-4-2-3-5-14(10)19(15)16(21)12-7-6-11(20(23)24)9-13(12)18/h6-7,9-10,14-15H,2-5,8H2,1H3/t10-,14+,15-/m0/s1. The molecule has 0 spiro atoms. The summed E-state index contributed by atoms with van der Waals surface area (Å²) < 4.78 is 4.88. The number of benzene rings is 1. The van der Waals surface area contributed by atoms with Gasteiger partial charge in [0.1, 0.15) is 6.04 Å². The Bertz CT molecular complexity index is 723. The molecule has 1 aliphatic carbocycles. The third-order valence-corrected chi connectivity index (χ3v) is 5.50. The third kappa shape index (κ3) is 3.20. The van der Waals surface area contributed by atoms with E-state index in [0.29, 0.717) is 6.42 Å². The number of esters is 1. The van der Waals surface area contributed by atoms with E-state index in [-0.39, 0.29) is 34.1 Å². The zero-order valence-electron chi connectivity index (χ0n) is 13.8. The average Bonchev–Trinajstić information content (AvgIpc) is 2.99. The predicted molar refractivity (Wildman–Crippen MR) is 90.4 cm³/mol. The number of nitro benzene ring substituents is 1. The molecule has 1 amide bonds. The van der Waals surface area contributed by atoms with E-state index in [2.05, 4.69) is 0 Å². The molecular formula is C17H19ClN2O5. The number of ether oxygens (including phenoxy) is 1. The summed E-state index contributed by atoms with van der Waals surface area (Å²) in [6.45, 7) is 0. The summed E-state index contributed by atoms with van der Waals surface area (Å²) in [7, 11) is 1.31. The van der Waals surface area contributed by atoms with Gasteiger partial charge in [-0.3, -0.25) is 14.9 Å². The molecule has 8 heteroatoms. The second-order valence-corrected chi connectivity index (χ2v) is 6.93. The van der Waals surface area contributed by atoms with Gasteiger partial charge in [-0.25, -0.2) is 4.79 Å². The van der Waals surface area contributed by atoms with E-state index in [9.17, 15) is 19.7 Å². The number of amides is 1. The lowest BCUT2D eigenvalue weighted by Gasteiger charge is -2.33. The molecule has 1 aromatic rings. The molecule has 134 valence electrons. The van der Waals surface area contributed by atoms with Crippen LogP contribution in [0.3, 0.4) is 0 Å². The number of fused-ring (bicyclic) bond motifs is 1. The minimum atomic E-state index is -0.628. The van der Waals surface area contributed by atoms with Gasteiger partial charge < -0.3 is 9.64 Å². The maximum Gasteiger partial charge on any atom is 0.328 e. The molecule has 3 rings (SSSR count). The second kappa shape index (κ2) is 7.00. The number of halogens is 1. The van der Waals surface area contributed by atoms with Crippen molar-refractivity contribution in [1.82, 2.24) is 4.90 Å². The normalized spacial score (nSPS) is 25.4. The molecule has 0 radical (unpaired) electrons. The van der Waals surface area contributed by atoms with E-state index in [4.69, 9.17) is 16.3 Å². The summed E-state index contributed by atoms with van der Waals surface area (Å²) in [6.07, 6.45) is 4.51. The van der Waals surface area contributed by atoms with E-state index in [0.717, 1.165) is 31.7 Å². The maximum atomic E-state index is 13.1. The van der Waals surface area contributed by atoms with E-state index in [1.165, 1.54) is 19.2 Å². The monoisotopic (exact) mass is 366 g/mol. The fourth-order valence-corrected chi connectivity index (χ4v) is 4.28. The largest absolute Gasteiger partial charge is 0.467 e. The smallest absolute Gasteiger partial charge is 0.328 e. The molecule has 1 heterocycles. The molecule has 3 atom stereocenters. The highest BCUT2D eigenvalue weighted by molar-refractivity contribution is 6.34. The van der Waals surface area contributed by atoms with Crippen LogP contribution < -0.4 is 0 Å². The summed E-state index contributed by atoms with van der Waals surface area (Å²) in [5, 5.41) is 10.9. The van der Waals surface area contributed by atoms with Crippen molar-refractivity contribution < 1.29 is 19.2 Å². The first-order valence-corrected chi connectivity index (χ1v) is 8.66. The SMILES string of the molecule is COC(=O)[C@@H]1C[C@@H]2CCCC[C@H]2N1C(=O)c1ccc([N+](=O)[O-])cc1Cl. The highest BCUT2D eigenvalue weighted by atomic mass is 35.5. The topological polar surface area (TPSA) is 89.8 Å². The first-order chi connectivity index (χ1) is 11.9. The van der Waals surface area contributed by atoms with E-state index < -0.39 is 16.9 Å². The number of carbonyl (C=O) groups excluding carboxylic acids is 2. The molecule has 1 saturated carbocycles. The highest BCUT2D eigenvalue weighted by Crippen LogP contribution is 2.41. The van der Waals surface area contributed by atoms with Crippen molar-refractivity contribution in [3.05, 3.63) is 38.9 Å². The zero-order valence-corrected chi connectivity index (χ0v) is 14.6. The van der Waals surface area contributed by atoms with Crippen LogP contribution in [0.5, 0.6) is 0 Å². The van der Waals surface area contributed by atoms with Crippen molar-refractivity contribution in [3.63, 3.8) is 0 Å². The molecule has 1 saturated heterocycles. The van der Waals surface area contributed by atoms with Crippen LogP contribution in [-0.4, -0.2) is 40.9 Å². The van der Waals surface area contributed by atoms with Crippen LogP contribution in [-0.2, 0) is 9.53 Å². The molecule has 7 nitrogen and oxygen atoms in total. The van der Waals surface area contributed by atoms with Crippen LogP contribution in [0.1, 0.15) is 42.5 Å². The van der Waals surface area contributed by atoms with Gasteiger partial charge in [-0.1, -0.05) is 24.4 Å². The number of carbonyl (C=O) groups is 2. The maximum absolute atomic E-state index is 13.1. The average molecular weight is 367 g/mol. The number of hydrogen-bond donors (Lipinski definition) is 0. The summed E-state index contributed by atoms with van der Waals surface area (Å²) in [4.78, 5) is 37.2. The Balaban J connectivity index is 1.95. The Morgan fingerprint density at radius 3 is 2.68 bits per heavy atom. The first-order valence-electron chi connectivity index (χ1n) is 8.28. The van der Waals surface area contributed by atoms with Crippen LogP contribution in [0.25, 0.3) is 0 Å². The number of nitrogens with zero attached hydrogens (tertiary/aromatic N) is 2. The minimum Gasteiger partial charge on any atom is -0.467 e. The van der Waals surface area contributed by atoms with E-state index in [1.54, 1.807) is 4.90 Å². The van der Waals surface area contributed by atoms with Crippen molar-refractivity contribution in [2.24, 2.45) is 5.92 Å². The van der Waals surface area contributed by atoms with Gasteiger partial charge in [0.2, 0.25) is 0 Å². The van der Waals surface area contributed by atoms with Crippen LogP contribution >= 0.6 is 11.6 Å². The van der Waals surface area contributed by atoms with Crippen LogP contribution in [0, 0.1) is 16.0 Å². The molecular weight excluding hydrogens is 348 g/mol. The fourth-order valence-electron chi connectivity index (χ4n) is 4.03. The molecule has 2 aliphatic rings. The van der Waals surface area contributed by atoms with Gasteiger partial charge in [-0.05, 0) is 31.2 Å². The van der Waals surface area contributed by atoms with Gasteiger partial charge in [0.25, 0.3) is 11.6 Å². The van der Waals surface area contributed by atoms with Crippen molar-refractivity contribution in [2.45, 2.75) is 44.2 Å². The molecule has 0 aromatic heterocycles. The van der Waals surface area contributed by atoms with Crippen molar-refractivity contribution in [1.29, 1.82) is 0 Å². The molecule has 0 N–H and O–H groups in total. The van der Waals surface area contributed by atoms with Crippen LogP contribution in [0.15, 0.2) is 18.2 Å². The van der Waals surface area contributed by atoms with Gasteiger partial charge in [-0.15, -0.1) is 0 Å². The number of methoxy groups -OCH3 is 1. The molecule has 25 heavy (non-hydrogen) atoms. The van der Waals surface area contributed by atoms with Crippen molar-refractivity contribution >= 4 is 29.2 Å². The molecule has 1 aromatic carbocycles. The zero-order chi connectivity index (χ0) is 18.1. The lowest BCUT2D eigenvalue weighted by molar-refractivity contribution is -0.384. The summed E-state index contributed by atoms with van der Waals surface area (Å²) >= 11 is 6.11. The Hall–Kier alpha value is -2.15. The molecule has 1 aliphatic heterocycles. The van der Waals surface area contributed by atoms with Gasteiger partial charge >= 0.3 is 5.97 Å². The number of nitro groups is 1. The quantitative estimate of drug-likeness (QED) is 0.465. The molecule has 0 bridgehead atoms. The number of likely N-dealkylation sites (tertiary alicyclic amines) is 1. The van der Waals surface area contributed by atoms with Gasteiger partial charge in [0.05, 0.1) is 22.6 Å². The summed E-state index contributed by atoms with van der Waals surface area (Å²) in [6, 6.07) is 3.12. The predicted octanol–water partition coefficient (Wildman–Crippen LogP) is 3.19. The summed E-state index contributed by atoms with van der Waals surface area (Å²) in [5.41, 5.74) is -0.00424. The number of hydrogen-bond acceptors (Lipinski definition) is 5.